The van der Waals surface area contributed by atoms with Crippen LogP contribution in [0.25, 0.3) is 0 Å². The summed E-state index contributed by atoms with van der Waals surface area (Å²) in [5, 5.41) is 0. The molecule has 0 atom stereocenters. The lowest BCUT2D eigenvalue weighted by Gasteiger charge is -2.17. The summed E-state index contributed by atoms with van der Waals surface area (Å²) in [6.45, 7) is -0.223. The summed E-state index contributed by atoms with van der Waals surface area (Å²) in [5.74, 6) is -1.15. The van der Waals surface area contributed by atoms with Gasteiger partial charge in [0.1, 0.15) is 12.5 Å². The van der Waals surface area contributed by atoms with Gasteiger partial charge in [-0.25, -0.2) is 0 Å². The first kappa shape index (κ1) is 18.7. The van der Waals surface area contributed by atoms with E-state index >= 15 is 0 Å². The van der Waals surface area contributed by atoms with Gasteiger partial charge in [0.25, 0.3) is 0 Å². The molecule has 5 heteroatoms. The maximum absolute atomic E-state index is 12.8. The second kappa shape index (κ2) is 8.08. The summed E-state index contributed by atoms with van der Waals surface area (Å²) in [6.07, 6.45) is -4.43. The molecular formula is C22H17F3O2. The van der Waals surface area contributed by atoms with Gasteiger partial charge in [0.15, 0.2) is 0 Å². The highest BCUT2D eigenvalue weighted by Gasteiger charge is 2.30. The maximum Gasteiger partial charge on any atom is 0.416 e. The number of hydrogen-bond donors (Lipinski definition) is 0. The van der Waals surface area contributed by atoms with E-state index in [1.54, 1.807) is 0 Å². The van der Waals surface area contributed by atoms with Gasteiger partial charge in [0.2, 0.25) is 0 Å². The highest BCUT2D eigenvalue weighted by atomic mass is 19.4. The Morgan fingerprint density at radius 3 is 1.89 bits per heavy atom. The van der Waals surface area contributed by atoms with Gasteiger partial charge in [-0.1, -0.05) is 72.8 Å². The largest absolute Gasteiger partial charge is 0.460 e. The number of esters is 1. The van der Waals surface area contributed by atoms with Gasteiger partial charge >= 0.3 is 12.1 Å². The Hall–Kier alpha value is -3.08. The van der Waals surface area contributed by atoms with Crippen molar-refractivity contribution in [3.05, 3.63) is 107 Å². The van der Waals surface area contributed by atoms with E-state index in [1.165, 1.54) is 12.1 Å². The van der Waals surface area contributed by atoms with Crippen molar-refractivity contribution < 1.29 is 22.7 Å². The third-order valence-electron chi connectivity index (χ3n) is 4.14. The zero-order valence-electron chi connectivity index (χ0n) is 14.3. The van der Waals surface area contributed by atoms with E-state index in [-0.39, 0.29) is 12.2 Å². The van der Waals surface area contributed by atoms with Crippen LogP contribution in [-0.4, -0.2) is 5.97 Å². The van der Waals surface area contributed by atoms with Crippen LogP contribution in [0.15, 0.2) is 84.9 Å². The molecule has 3 aromatic carbocycles. The second-order valence-electron chi connectivity index (χ2n) is 6.06. The molecule has 0 saturated carbocycles. The molecule has 2 nitrogen and oxygen atoms in total. The minimum atomic E-state index is -4.43. The molecule has 0 heterocycles. The predicted molar refractivity (Wildman–Crippen MR) is 96.0 cm³/mol. The molecule has 0 fully saturated rings. The standard InChI is InChI=1S/C22H17F3O2/c23-22(24,25)19-13-7-8-16(14-19)15-27-21(26)20(17-9-3-1-4-10-17)18-11-5-2-6-12-18/h1-14,20H,15H2. The third-order valence-corrected chi connectivity index (χ3v) is 4.14. The number of halogens is 3. The van der Waals surface area contributed by atoms with E-state index in [9.17, 15) is 18.0 Å². The Bertz CT molecular complexity index is 851. The number of ether oxygens (including phenoxy) is 1. The molecule has 0 aliphatic carbocycles. The van der Waals surface area contributed by atoms with Crippen molar-refractivity contribution >= 4 is 5.97 Å². The first-order chi connectivity index (χ1) is 12.9. The molecule has 0 saturated heterocycles. The quantitative estimate of drug-likeness (QED) is 0.548. The lowest BCUT2D eigenvalue weighted by molar-refractivity contribution is -0.145. The average molecular weight is 370 g/mol. The summed E-state index contributed by atoms with van der Waals surface area (Å²) in [6, 6.07) is 23.1. The van der Waals surface area contributed by atoms with Crippen LogP contribution >= 0.6 is 0 Å². The van der Waals surface area contributed by atoms with Crippen LogP contribution in [-0.2, 0) is 22.3 Å². The Labute approximate surface area is 155 Å². The van der Waals surface area contributed by atoms with Crippen molar-refractivity contribution in [2.75, 3.05) is 0 Å². The lowest BCUT2D eigenvalue weighted by Crippen LogP contribution is -2.17. The van der Waals surface area contributed by atoms with Crippen molar-refractivity contribution in [3.63, 3.8) is 0 Å². The SMILES string of the molecule is O=C(OCc1cccc(C(F)(F)F)c1)C(c1ccccc1)c1ccccc1. The minimum absolute atomic E-state index is 0.223. The zero-order valence-corrected chi connectivity index (χ0v) is 14.3. The molecule has 0 aliphatic rings. The van der Waals surface area contributed by atoms with Crippen molar-refractivity contribution in [2.24, 2.45) is 0 Å². The van der Waals surface area contributed by atoms with E-state index in [2.05, 4.69) is 0 Å². The fourth-order valence-electron chi connectivity index (χ4n) is 2.83. The molecule has 3 rings (SSSR count). The molecule has 0 aliphatic heterocycles. The number of carbonyl (C=O) groups is 1. The Balaban J connectivity index is 1.80. The monoisotopic (exact) mass is 370 g/mol. The molecule has 3 aromatic rings. The molecule has 0 aromatic heterocycles. The lowest BCUT2D eigenvalue weighted by atomic mass is 9.91. The number of rotatable bonds is 5. The van der Waals surface area contributed by atoms with E-state index < -0.39 is 23.6 Å². The zero-order chi connectivity index (χ0) is 19.3. The smallest absolute Gasteiger partial charge is 0.416 e. The van der Waals surface area contributed by atoms with E-state index in [1.807, 2.05) is 60.7 Å². The van der Waals surface area contributed by atoms with Gasteiger partial charge in [-0.3, -0.25) is 4.79 Å². The number of benzene rings is 3. The molecule has 0 amide bonds. The molecule has 0 unspecified atom stereocenters. The van der Waals surface area contributed by atoms with Gasteiger partial charge in [-0.15, -0.1) is 0 Å². The van der Waals surface area contributed by atoms with Crippen molar-refractivity contribution in [2.45, 2.75) is 18.7 Å². The van der Waals surface area contributed by atoms with E-state index in [0.717, 1.165) is 23.3 Å². The average Bonchev–Trinajstić information content (AvgIpc) is 2.68. The van der Waals surface area contributed by atoms with Crippen LogP contribution in [0.4, 0.5) is 13.2 Å². The van der Waals surface area contributed by atoms with E-state index in [4.69, 9.17) is 4.74 Å². The van der Waals surface area contributed by atoms with Gasteiger partial charge < -0.3 is 4.74 Å². The predicted octanol–water partition coefficient (Wildman–Crippen LogP) is 5.58. The maximum atomic E-state index is 12.8. The summed E-state index contributed by atoms with van der Waals surface area (Å²) in [4.78, 5) is 12.8. The van der Waals surface area contributed by atoms with Gasteiger partial charge in [-0.05, 0) is 28.8 Å². The fraction of sp³-hybridized carbons (Fsp3) is 0.136. The number of carbonyl (C=O) groups excluding carboxylic acids is 1. The van der Waals surface area contributed by atoms with Crippen molar-refractivity contribution in [1.29, 1.82) is 0 Å². The van der Waals surface area contributed by atoms with Crippen molar-refractivity contribution in [3.8, 4) is 0 Å². The summed E-state index contributed by atoms with van der Waals surface area (Å²) >= 11 is 0. The van der Waals surface area contributed by atoms with Gasteiger partial charge in [0, 0.05) is 0 Å². The third kappa shape index (κ3) is 4.76. The van der Waals surface area contributed by atoms with Crippen LogP contribution in [0.5, 0.6) is 0 Å². The van der Waals surface area contributed by atoms with E-state index in [0.29, 0.717) is 0 Å². The van der Waals surface area contributed by atoms with Gasteiger partial charge in [0.05, 0.1) is 5.56 Å². The first-order valence-electron chi connectivity index (χ1n) is 8.38. The molecule has 0 N–H and O–H groups in total. The van der Waals surface area contributed by atoms with Crippen LogP contribution < -0.4 is 0 Å². The highest BCUT2D eigenvalue weighted by Crippen LogP contribution is 2.30. The number of hydrogen-bond acceptors (Lipinski definition) is 2. The minimum Gasteiger partial charge on any atom is -0.460 e. The fourth-order valence-corrected chi connectivity index (χ4v) is 2.83. The molecule has 0 spiro atoms. The molecule has 27 heavy (non-hydrogen) atoms. The molecular weight excluding hydrogens is 353 g/mol. The molecule has 0 radical (unpaired) electrons. The summed E-state index contributed by atoms with van der Waals surface area (Å²) in [7, 11) is 0. The topological polar surface area (TPSA) is 26.3 Å². The van der Waals surface area contributed by atoms with Gasteiger partial charge in [-0.2, -0.15) is 13.2 Å². The van der Waals surface area contributed by atoms with Crippen molar-refractivity contribution in [1.82, 2.24) is 0 Å². The summed E-state index contributed by atoms with van der Waals surface area (Å²) < 4.78 is 43.9. The Kier molecular flexibility index (Phi) is 5.60. The van der Waals surface area contributed by atoms with Crippen LogP contribution in [0, 0.1) is 0 Å². The summed E-state index contributed by atoms with van der Waals surface area (Å²) in [5.41, 5.74) is 1.05. The Morgan fingerprint density at radius 2 is 1.37 bits per heavy atom. The molecule has 138 valence electrons. The van der Waals surface area contributed by atoms with Crippen LogP contribution in [0.3, 0.4) is 0 Å². The number of alkyl halides is 3. The Morgan fingerprint density at radius 1 is 0.815 bits per heavy atom. The van der Waals surface area contributed by atoms with Crippen LogP contribution in [0.1, 0.15) is 28.2 Å². The normalized spacial score (nSPS) is 11.4. The second-order valence-corrected chi connectivity index (χ2v) is 6.06. The first-order valence-corrected chi connectivity index (χ1v) is 8.38. The van der Waals surface area contributed by atoms with Crippen LogP contribution in [0.2, 0.25) is 0 Å². The highest BCUT2D eigenvalue weighted by molar-refractivity contribution is 5.82. The molecule has 0 bridgehead atoms.